The van der Waals surface area contributed by atoms with Gasteiger partial charge in [0, 0.05) is 32.6 Å². The van der Waals surface area contributed by atoms with E-state index < -0.39 is 28.4 Å². The molecule has 0 radical (unpaired) electrons. The number of carbonyl (C=O) groups is 2. The van der Waals surface area contributed by atoms with Crippen molar-refractivity contribution in [3.05, 3.63) is 54.1 Å². The number of piperidine rings is 1. The molecule has 3 aliphatic rings. The number of hydrogen-bond donors (Lipinski definition) is 2. The maximum atomic E-state index is 13.8. The summed E-state index contributed by atoms with van der Waals surface area (Å²) >= 11 is -1.02. The van der Waals surface area contributed by atoms with Crippen LogP contribution in [-0.4, -0.2) is 74.3 Å². The molecular formula is C33H46ClN3O5S. The second kappa shape index (κ2) is 14.7. The Labute approximate surface area is 265 Å². The van der Waals surface area contributed by atoms with Gasteiger partial charge in [-0.3, -0.25) is 14.5 Å². The molecule has 2 heterocycles. The minimum absolute atomic E-state index is 0. The van der Waals surface area contributed by atoms with Gasteiger partial charge in [-0.2, -0.15) is 0 Å². The molecule has 1 unspecified atom stereocenters. The van der Waals surface area contributed by atoms with Crippen molar-refractivity contribution < 1.29 is 24.0 Å². The number of ether oxygens (including phenoxy) is 1. The molecule has 10 heteroatoms. The van der Waals surface area contributed by atoms with Crippen LogP contribution in [0, 0.1) is 0 Å². The third kappa shape index (κ3) is 7.87. The van der Waals surface area contributed by atoms with E-state index >= 15 is 0 Å². The summed E-state index contributed by atoms with van der Waals surface area (Å²) in [5, 5.41) is 14.2. The lowest BCUT2D eigenvalue weighted by Crippen LogP contribution is -2.73. The Morgan fingerprint density at radius 1 is 0.977 bits per heavy atom. The summed E-state index contributed by atoms with van der Waals surface area (Å²) in [7, 11) is 0. The molecule has 2 saturated heterocycles. The molecule has 1 spiro atoms. The average molecular weight is 632 g/mol. The lowest BCUT2D eigenvalue weighted by atomic mass is 9.77. The van der Waals surface area contributed by atoms with Crippen molar-refractivity contribution in [2.45, 2.75) is 99.8 Å². The van der Waals surface area contributed by atoms with Crippen LogP contribution in [0.25, 0.3) is 0 Å². The number of nitrogens with zero attached hydrogens (tertiary/aromatic N) is 2. The first-order valence-electron chi connectivity index (χ1n) is 15.5. The van der Waals surface area contributed by atoms with Crippen LogP contribution in [0.1, 0.15) is 76.7 Å². The number of nitrogens with one attached hydrogen (secondary N) is 1. The molecule has 43 heavy (non-hydrogen) atoms. The highest BCUT2D eigenvalue weighted by Gasteiger charge is 2.54. The van der Waals surface area contributed by atoms with Crippen LogP contribution in [0.3, 0.4) is 0 Å². The molecule has 2 aromatic rings. The number of hydrogen-bond acceptors (Lipinski definition) is 6. The quantitative estimate of drug-likeness (QED) is 0.350. The number of unbranched alkanes of at least 4 members (excludes halogenated alkanes) is 1. The summed E-state index contributed by atoms with van der Waals surface area (Å²) in [6, 6.07) is 14.6. The molecule has 0 aromatic heterocycles. The van der Waals surface area contributed by atoms with Gasteiger partial charge in [0.2, 0.25) is 11.8 Å². The Morgan fingerprint density at radius 3 is 2.16 bits per heavy atom. The average Bonchev–Trinajstić information content (AvgIpc) is 2.98. The topological polar surface area (TPSA) is 105 Å². The standard InChI is InChI=1S/C33H45N3O5S.ClH/c1-3-4-20-36-30(37)29(23-32(39)16-6-5-7-17-32)34-31(38)33(36)18-21-35(22-19-33)24-25-8-10-26(11-9-25)41-27-12-14-28(15-13-27)42(2)40;/h8-15,29,39H,3-7,16-24H2,1-2H3,(H,34,38);1H/t29-,42?;/m1./s1. The smallest absolute Gasteiger partial charge is 0.246 e. The minimum atomic E-state index is -1.02. The Morgan fingerprint density at radius 2 is 1.58 bits per heavy atom. The van der Waals surface area contributed by atoms with Crippen LogP contribution in [0.5, 0.6) is 11.5 Å². The van der Waals surface area contributed by atoms with E-state index in [1.165, 1.54) is 0 Å². The number of amides is 2. The van der Waals surface area contributed by atoms with Crippen molar-refractivity contribution in [2.75, 3.05) is 25.9 Å². The summed E-state index contributed by atoms with van der Waals surface area (Å²) in [4.78, 5) is 32.5. The Hall–Kier alpha value is -2.30. The van der Waals surface area contributed by atoms with Crippen molar-refractivity contribution in [1.82, 2.24) is 15.1 Å². The van der Waals surface area contributed by atoms with Crippen LogP contribution in [0.2, 0.25) is 0 Å². The summed E-state index contributed by atoms with van der Waals surface area (Å²) in [6.07, 6.45) is 9.44. The van der Waals surface area contributed by atoms with E-state index in [1.54, 1.807) is 6.26 Å². The van der Waals surface area contributed by atoms with Gasteiger partial charge in [0.15, 0.2) is 4.90 Å². The van der Waals surface area contributed by atoms with Gasteiger partial charge in [-0.05, 0) is 85.2 Å². The number of carbonyl (C=O) groups excluding carboxylic acids is 2. The van der Waals surface area contributed by atoms with Gasteiger partial charge in [0.25, 0.3) is 0 Å². The first-order chi connectivity index (χ1) is 20.2. The first kappa shape index (κ1) is 33.6. The predicted octanol–water partition coefficient (Wildman–Crippen LogP) is 5.19. The van der Waals surface area contributed by atoms with Gasteiger partial charge in [0.05, 0.1) is 5.60 Å². The number of benzene rings is 2. The van der Waals surface area contributed by atoms with Crippen LogP contribution >= 0.6 is 12.4 Å². The van der Waals surface area contributed by atoms with Crippen LogP contribution in [0.4, 0.5) is 0 Å². The lowest BCUT2D eigenvalue weighted by molar-refractivity contribution is -0.163. The highest BCUT2D eigenvalue weighted by molar-refractivity contribution is 7.90. The molecule has 3 fully saturated rings. The highest BCUT2D eigenvalue weighted by Crippen LogP contribution is 2.38. The second-order valence-corrected chi connectivity index (χ2v) is 13.7. The molecule has 2 aliphatic heterocycles. The van der Waals surface area contributed by atoms with Crippen LogP contribution in [-0.2, 0) is 27.3 Å². The maximum absolute atomic E-state index is 13.8. The zero-order valence-electron chi connectivity index (χ0n) is 25.4. The SMILES string of the molecule is CCCCN1C(=O)[C@@H](CC2(O)CCCCC2)NC(=O)C12CCN(Cc1ccc(Oc3ccc([S+](C)[O-])cc3)cc1)CC2.Cl. The van der Waals surface area contributed by atoms with Gasteiger partial charge in [0.1, 0.15) is 29.3 Å². The molecule has 5 rings (SSSR count). The van der Waals surface area contributed by atoms with Gasteiger partial charge in [-0.15, -0.1) is 12.4 Å². The second-order valence-electron chi connectivity index (χ2n) is 12.3. The number of aliphatic hydroxyl groups is 1. The summed E-state index contributed by atoms with van der Waals surface area (Å²) < 4.78 is 17.6. The fourth-order valence-electron chi connectivity index (χ4n) is 6.78. The van der Waals surface area contributed by atoms with Gasteiger partial charge >= 0.3 is 0 Å². The van der Waals surface area contributed by atoms with Gasteiger partial charge in [-0.1, -0.05) is 44.7 Å². The molecule has 2 N–H and O–H groups in total. The van der Waals surface area contributed by atoms with E-state index in [1.807, 2.05) is 41.3 Å². The van der Waals surface area contributed by atoms with Crippen molar-refractivity contribution >= 4 is 35.4 Å². The van der Waals surface area contributed by atoms with Crippen LogP contribution < -0.4 is 10.1 Å². The fraction of sp³-hybridized carbons (Fsp3) is 0.576. The normalized spacial score (nSPS) is 22.5. The molecule has 1 aliphatic carbocycles. The van der Waals surface area contributed by atoms with Crippen molar-refractivity contribution in [3.63, 3.8) is 0 Å². The van der Waals surface area contributed by atoms with E-state index in [-0.39, 0.29) is 24.2 Å². The third-order valence-electron chi connectivity index (χ3n) is 9.32. The van der Waals surface area contributed by atoms with E-state index in [9.17, 15) is 19.2 Å². The molecule has 236 valence electrons. The van der Waals surface area contributed by atoms with Crippen LogP contribution in [0.15, 0.2) is 53.4 Å². The van der Waals surface area contributed by atoms with Gasteiger partial charge in [-0.25, -0.2) is 0 Å². The van der Waals surface area contributed by atoms with E-state index in [2.05, 4.69) is 29.3 Å². The Bertz CT molecular complexity index is 1210. The van der Waals surface area contributed by atoms with Crippen molar-refractivity contribution in [1.29, 1.82) is 0 Å². The largest absolute Gasteiger partial charge is 0.612 e. The first-order valence-corrected chi connectivity index (χ1v) is 17.0. The molecule has 1 saturated carbocycles. The number of halogens is 1. The summed E-state index contributed by atoms with van der Waals surface area (Å²) in [5.41, 5.74) is -0.521. The zero-order valence-corrected chi connectivity index (χ0v) is 27.0. The third-order valence-corrected chi connectivity index (χ3v) is 10.3. The van der Waals surface area contributed by atoms with E-state index in [4.69, 9.17) is 4.74 Å². The fourth-order valence-corrected chi connectivity index (χ4v) is 7.30. The van der Waals surface area contributed by atoms with Crippen molar-refractivity contribution in [2.24, 2.45) is 0 Å². The van der Waals surface area contributed by atoms with E-state index in [0.717, 1.165) is 67.9 Å². The number of rotatable bonds is 10. The molecular weight excluding hydrogens is 586 g/mol. The molecule has 2 aromatic carbocycles. The Kier molecular flexibility index (Phi) is 11.4. The molecule has 2 atom stereocenters. The predicted molar refractivity (Wildman–Crippen MR) is 171 cm³/mol. The summed E-state index contributed by atoms with van der Waals surface area (Å²) in [6.45, 7) is 4.89. The molecule has 8 nitrogen and oxygen atoms in total. The monoisotopic (exact) mass is 631 g/mol. The number of likely N-dealkylation sites (tertiary alicyclic amines) is 1. The minimum Gasteiger partial charge on any atom is -0.612 e. The summed E-state index contributed by atoms with van der Waals surface area (Å²) in [5.74, 6) is 1.35. The molecule has 0 bridgehead atoms. The van der Waals surface area contributed by atoms with Crippen molar-refractivity contribution in [3.8, 4) is 11.5 Å². The molecule has 2 amide bonds. The highest BCUT2D eigenvalue weighted by atomic mass is 35.5. The Balaban J connectivity index is 0.00000423. The number of piperazine rings is 1. The zero-order chi connectivity index (χ0) is 29.7. The van der Waals surface area contributed by atoms with Gasteiger partial charge < -0.3 is 24.6 Å². The van der Waals surface area contributed by atoms with E-state index in [0.29, 0.717) is 44.4 Å². The lowest BCUT2D eigenvalue weighted by Gasteiger charge is -2.52. The maximum Gasteiger partial charge on any atom is 0.246 e.